The molecule has 1 aromatic heterocycles. The van der Waals surface area contributed by atoms with Crippen molar-refractivity contribution in [3.8, 4) is 0 Å². The van der Waals surface area contributed by atoms with Crippen molar-refractivity contribution in [3.63, 3.8) is 0 Å². The third-order valence-electron chi connectivity index (χ3n) is 4.48. The van der Waals surface area contributed by atoms with Crippen LogP contribution in [0, 0.1) is 17.6 Å². The van der Waals surface area contributed by atoms with Crippen molar-refractivity contribution in [2.45, 2.75) is 50.9 Å². The van der Waals surface area contributed by atoms with E-state index in [1.165, 1.54) is 6.07 Å². The molecule has 2 nitrogen and oxygen atoms in total. The van der Waals surface area contributed by atoms with Gasteiger partial charge in [-0.15, -0.1) is 11.6 Å². The van der Waals surface area contributed by atoms with Crippen molar-refractivity contribution in [3.05, 3.63) is 29.6 Å². The Kier molecular flexibility index (Phi) is 3.91. The van der Waals surface area contributed by atoms with E-state index in [-0.39, 0.29) is 16.9 Å². The van der Waals surface area contributed by atoms with Crippen molar-refractivity contribution in [1.29, 1.82) is 0 Å². The molecular weight excluding hydrogens is 294 g/mol. The zero-order valence-electron chi connectivity index (χ0n) is 12.2. The molecule has 1 aliphatic carbocycles. The van der Waals surface area contributed by atoms with Gasteiger partial charge in [-0.25, -0.2) is 13.8 Å². The topological polar surface area (TPSA) is 17.8 Å². The number of hydrogen-bond donors (Lipinski definition) is 0. The second kappa shape index (κ2) is 5.56. The maximum Gasteiger partial charge on any atom is 0.184 e. The summed E-state index contributed by atoms with van der Waals surface area (Å²) in [6.45, 7) is 4.05. The highest BCUT2D eigenvalue weighted by atomic mass is 35.5. The van der Waals surface area contributed by atoms with Crippen molar-refractivity contribution in [2.24, 2.45) is 5.92 Å². The highest BCUT2D eigenvalue weighted by molar-refractivity contribution is 6.20. The number of alkyl halides is 1. The van der Waals surface area contributed by atoms with Crippen molar-refractivity contribution in [2.75, 3.05) is 0 Å². The van der Waals surface area contributed by atoms with E-state index in [1.54, 1.807) is 0 Å². The first-order valence-electron chi connectivity index (χ1n) is 7.49. The second-order valence-electron chi connectivity index (χ2n) is 6.10. The molecule has 0 aliphatic heterocycles. The van der Waals surface area contributed by atoms with Gasteiger partial charge in [0.25, 0.3) is 0 Å². The monoisotopic (exact) mass is 312 g/mol. The summed E-state index contributed by atoms with van der Waals surface area (Å²) in [7, 11) is 0. The van der Waals surface area contributed by atoms with Crippen LogP contribution in [0.2, 0.25) is 0 Å². The summed E-state index contributed by atoms with van der Waals surface area (Å²) >= 11 is 6.22. The molecule has 21 heavy (non-hydrogen) atoms. The lowest BCUT2D eigenvalue weighted by Crippen LogP contribution is -2.19. The summed E-state index contributed by atoms with van der Waals surface area (Å²) in [6.07, 6.45) is 4.10. The fourth-order valence-electron chi connectivity index (χ4n) is 3.29. The minimum atomic E-state index is -0.832. The van der Waals surface area contributed by atoms with E-state index in [4.69, 9.17) is 11.6 Å². The molecule has 114 valence electrons. The van der Waals surface area contributed by atoms with Gasteiger partial charge in [0.1, 0.15) is 11.3 Å². The molecule has 1 fully saturated rings. The fraction of sp³-hybridized carbons (Fsp3) is 0.562. The molecule has 1 unspecified atom stereocenters. The van der Waals surface area contributed by atoms with Crippen LogP contribution in [-0.4, -0.2) is 9.55 Å². The van der Waals surface area contributed by atoms with Crippen LogP contribution in [0.5, 0.6) is 0 Å². The summed E-state index contributed by atoms with van der Waals surface area (Å²) in [5.41, 5.74) is 0.743. The van der Waals surface area contributed by atoms with Crippen LogP contribution in [0.25, 0.3) is 11.0 Å². The van der Waals surface area contributed by atoms with Gasteiger partial charge in [-0.3, -0.25) is 0 Å². The van der Waals surface area contributed by atoms with Crippen molar-refractivity contribution >= 4 is 22.6 Å². The van der Waals surface area contributed by atoms with Gasteiger partial charge in [-0.1, -0.05) is 6.92 Å². The molecule has 0 bridgehead atoms. The molecule has 0 spiro atoms. The van der Waals surface area contributed by atoms with Crippen molar-refractivity contribution in [1.82, 2.24) is 9.55 Å². The number of fused-ring (bicyclic) bond motifs is 1. The molecule has 0 radical (unpaired) electrons. The third-order valence-corrected chi connectivity index (χ3v) is 4.67. The summed E-state index contributed by atoms with van der Waals surface area (Å²) in [5.74, 6) is -0.325. The average molecular weight is 313 g/mol. The molecule has 0 saturated heterocycles. The zero-order chi connectivity index (χ0) is 15.1. The van der Waals surface area contributed by atoms with Crippen LogP contribution in [0.4, 0.5) is 8.78 Å². The van der Waals surface area contributed by atoms with E-state index in [2.05, 4.69) is 11.9 Å². The minimum absolute atomic E-state index is 0.152. The van der Waals surface area contributed by atoms with Crippen LogP contribution in [-0.2, 0) is 0 Å². The highest BCUT2D eigenvalue weighted by Gasteiger charge is 2.27. The standard InChI is InChI=1S/C16H19ClF2N2/c1-9-3-5-11(6-4-9)21-15-13(20-16(21)10(2)17)8-7-12(18)14(15)19/h7-11H,3-6H2,1-2H3. The number of benzene rings is 1. The van der Waals surface area contributed by atoms with E-state index in [1.807, 2.05) is 11.5 Å². The van der Waals surface area contributed by atoms with E-state index in [0.717, 1.165) is 31.7 Å². The van der Waals surface area contributed by atoms with Crippen LogP contribution in [0.1, 0.15) is 56.8 Å². The number of imidazole rings is 1. The number of rotatable bonds is 2. The average Bonchev–Trinajstić information content (AvgIpc) is 2.84. The lowest BCUT2D eigenvalue weighted by molar-refractivity contribution is 0.288. The maximum atomic E-state index is 14.3. The molecule has 1 aromatic carbocycles. The number of aromatic nitrogens is 2. The molecule has 1 atom stereocenters. The Bertz CT molecular complexity index is 658. The van der Waals surface area contributed by atoms with Crippen LogP contribution >= 0.6 is 11.6 Å². The van der Waals surface area contributed by atoms with E-state index in [9.17, 15) is 8.78 Å². The fourth-order valence-corrected chi connectivity index (χ4v) is 3.45. The molecule has 1 aliphatic rings. The van der Waals surface area contributed by atoms with Crippen LogP contribution in [0.3, 0.4) is 0 Å². The van der Waals surface area contributed by atoms with E-state index < -0.39 is 11.6 Å². The van der Waals surface area contributed by atoms with Crippen LogP contribution < -0.4 is 0 Å². The molecule has 2 aromatic rings. The number of hydrogen-bond acceptors (Lipinski definition) is 1. The molecular formula is C16H19ClF2N2. The lowest BCUT2D eigenvalue weighted by atomic mass is 9.87. The Morgan fingerprint density at radius 2 is 1.90 bits per heavy atom. The Labute approximate surface area is 128 Å². The van der Waals surface area contributed by atoms with Crippen LogP contribution in [0.15, 0.2) is 12.1 Å². The first-order chi connectivity index (χ1) is 9.99. The van der Waals surface area contributed by atoms with Gasteiger partial charge in [0.05, 0.1) is 10.9 Å². The number of halogens is 3. The first kappa shape index (κ1) is 14.8. The highest BCUT2D eigenvalue weighted by Crippen LogP contribution is 2.38. The molecule has 0 N–H and O–H groups in total. The Hall–Kier alpha value is -1.16. The van der Waals surface area contributed by atoms with Gasteiger partial charge in [-0.2, -0.15) is 0 Å². The molecule has 1 saturated carbocycles. The minimum Gasteiger partial charge on any atom is -0.321 e. The predicted molar refractivity (Wildman–Crippen MR) is 80.6 cm³/mol. The number of nitrogens with zero attached hydrogens (tertiary/aromatic N) is 2. The van der Waals surface area contributed by atoms with Gasteiger partial charge >= 0.3 is 0 Å². The Morgan fingerprint density at radius 3 is 2.52 bits per heavy atom. The summed E-state index contributed by atoms with van der Waals surface area (Å²) in [5, 5.41) is -0.334. The SMILES string of the molecule is CC1CCC(n2c(C(C)Cl)nc3ccc(F)c(F)c32)CC1. The predicted octanol–water partition coefficient (Wildman–Crippen LogP) is 5.37. The summed E-state index contributed by atoms with van der Waals surface area (Å²) < 4.78 is 29.8. The Morgan fingerprint density at radius 1 is 1.24 bits per heavy atom. The largest absolute Gasteiger partial charge is 0.321 e. The van der Waals surface area contributed by atoms with Gasteiger partial charge in [0.15, 0.2) is 11.6 Å². The molecule has 3 rings (SSSR count). The summed E-state index contributed by atoms with van der Waals surface area (Å²) in [4.78, 5) is 4.43. The second-order valence-corrected chi connectivity index (χ2v) is 6.75. The normalized spacial score (nSPS) is 24.4. The Balaban J connectivity index is 2.18. The van der Waals surface area contributed by atoms with E-state index in [0.29, 0.717) is 17.3 Å². The van der Waals surface area contributed by atoms with Crippen molar-refractivity contribution < 1.29 is 8.78 Å². The van der Waals surface area contributed by atoms with Gasteiger partial charge < -0.3 is 4.57 Å². The van der Waals surface area contributed by atoms with Gasteiger partial charge in [0, 0.05) is 6.04 Å². The lowest BCUT2D eigenvalue weighted by Gasteiger charge is -2.29. The first-order valence-corrected chi connectivity index (χ1v) is 7.92. The third kappa shape index (κ3) is 2.54. The van der Waals surface area contributed by atoms with Gasteiger partial charge in [-0.05, 0) is 50.7 Å². The summed E-state index contributed by atoms with van der Waals surface area (Å²) in [6, 6.07) is 2.80. The molecule has 0 amide bonds. The molecule has 5 heteroatoms. The maximum absolute atomic E-state index is 14.3. The smallest absolute Gasteiger partial charge is 0.184 e. The van der Waals surface area contributed by atoms with Gasteiger partial charge in [0.2, 0.25) is 0 Å². The molecule has 1 heterocycles. The van der Waals surface area contributed by atoms with E-state index >= 15 is 0 Å². The quantitative estimate of drug-likeness (QED) is 0.682. The zero-order valence-corrected chi connectivity index (χ0v) is 13.0.